The Labute approximate surface area is 200 Å². The largest absolute Gasteiger partial charge is 0.488 e. The molecular formula is C25H23Cl2F3N2O. The highest BCUT2D eigenvalue weighted by Crippen LogP contribution is 2.37. The van der Waals surface area contributed by atoms with E-state index < -0.39 is 11.9 Å². The van der Waals surface area contributed by atoms with Crippen LogP contribution in [-0.4, -0.2) is 9.78 Å². The van der Waals surface area contributed by atoms with E-state index >= 15 is 0 Å². The number of alkyl halides is 3. The number of halogens is 5. The van der Waals surface area contributed by atoms with Crippen molar-refractivity contribution < 1.29 is 17.9 Å². The Balaban J connectivity index is 1.52. The lowest BCUT2D eigenvalue weighted by molar-refractivity contribution is -0.141. The lowest BCUT2D eigenvalue weighted by Gasteiger charge is -2.29. The molecule has 3 nitrogen and oxygen atoms in total. The van der Waals surface area contributed by atoms with Crippen molar-refractivity contribution in [1.29, 1.82) is 0 Å². The molecule has 0 N–H and O–H groups in total. The Hall–Kier alpha value is -2.44. The Bertz CT molecular complexity index is 1150. The molecule has 2 unspecified atom stereocenters. The minimum absolute atomic E-state index is 0.115. The van der Waals surface area contributed by atoms with Crippen LogP contribution < -0.4 is 0 Å². The normalized spacial score (nSPS) is 20.9. The lowest BCUT2D eigenvalue weighted by Crippen LogP contribution is -2.18. The highest BCUT2D eigenvalue weighted by atomic mass is 35.5. The van der Waals surface area contributed by atoms with Crippen molar-refractivity contribution in [2.45, 2.75) is 39.5 Å². The van der Waals surface area contributed by atoms with Gasteiger partial charge in [0, 0.05) is 0 Å². The first kappa shape index (κ1) is 23.7. The average molecular weight is 495 g/mol. The Morgan fingerprint density at radius 3 is 2.48 bits per heavy atom. The molecule has 0 amide bonds. The number of benzene rings is 1. The molecule has 1 aromatic carbocycles. The molecule has 1 heterocycles. The molecule has 0 radical (unpaired) electrons. The topological polar surface area (TPSA) is 27.1 Å². The molecule has 0 spiro atoms. The van der Waals surface area contributed by atoms with Gasteiger partial charge in [-0.1, -0.05) is 58.6 Å². The maximum Gasteiger partial charge on any atom is 0.435 e. The van der Waals surface area contributed by atoms with E-state index in [1.54, 1.807) is 18.2 Å². The van der Waals surface area contributed by atoms with Gasteiger partial charge in [-0.3, -0.25) is 0 Å². The number of para-hydroxylation sites is 1. The second kappa shape index (κ2) is 9.43. The molecule has 2 aliphatic carbocycles. The van der Waals surface area contributed by atoms with Crippen molar-refractivity contribution in [2.24, 2.45) is 11.8 Å². The van der Waals surface area contributed by atoms with Crippen LogP contribution >= 0.6 is 23.2 Å². The van der Waals surface area contributed by atoms with E-state index in [0.29, 0.717) is 17.6 Å². The maximum atomic E-state index is 13.4. The van der Waals surface area contributed by atoms with E-state index in [4.69, 9.17) is 27.9 Å². The number of allylic oxidation sites excluding steroid dienone is 7. The van der Waals surface area contributed by atoms with Crippen molar-refractivity contribution >= 4 is 23.2 Å². The van der Waals surface area contributed by atoms with Crippen molar-refractivity contribution in [2.75, 3.05) is 0 Å². The van der Waals surface area contributed by atoms with Gasteiger partial charge in [-0.25, -0.2) is 4.68 Å². The number of hydrogen-bond donors (Lipinski definition) is 0. The molecule has 0 bridgehead atoms. The molecular weight excluding hydrogens is 472 g/mol. The predicted octanol–water partition coefficient (Wildman–Crippen LogP) is 8.09. The van der Waals surface area contributed by atoms with Crippen LogP contribution in [0.3, 0.4) is 0 Å². The third kappa shape index (κ3) is 5.07. The van der Waals surface area contributed by atoms with Crippen LogP contribution in [0.5, 0.6) is 0 Å². The lowest BCUT2D eigenvalue weighted by atomic mass is 9.76. The van der Waals surface area contributed by atoms with Crippen LogP contribution in [-0.2, 0) is 17.5 Å². The number of aromatic nitrogens is 2. The first-order valence-corrected chi connectivity index (χ1v) is 11.4. The number of hydrogen-bond acceptors (Lipinski definition) is 2. The first-order chi connectivity index (χ1) is 15.6. The summed E-state index contributed by atoms with van der Waals surface area (Å²) >= 11 is 12.4. The van der Waals surface area contributed by atoms with Crippen molar-refractivity contribution in [3.8, 4) is 5.69 Å². The Morgan fingerprint density at radius 1 is 1.12 bits per heavy atom. The van der Waals surface area contributed by atoms with E-state index in [2.05, 4.69) is 37.2 Å². The molecule has 0 fully saturated rings. The SMILES string of the molecule is CC1=C(C)C(C2C=CC(OCc3cc(C(F)(F)F)nn3-c3c(Cl)cccc3Cl)=CC2)CC=C1. The van der Waals surface area contributed by atoms with Crippen LogP contribution in [0, 0.1) is 11.8 Å². The van der Waals surface area contributed by atoms with Gasteiger partial charge in [0.15, 0.2) is 5.69 Å². The fraction of sp³-hybridized carbons (Fsp3) is 0.320. The Morgan fingerprint density at radius 2 is 1.85 bits per heavy atom. The minimum Gasteiger partial charge on any atom is -0.488 e. The van der Waals surface area contributed by atoms with E-state index in [0.717, 1.165) is 23.6 Å². The zero-order valence-electron chi connectivity index (χ0n) is 18.2. The van der Waals surface area contributed by atoms with Gasteiger partial charge in [-0.2, -0.15) is 18.3 Å². The van der Waals surface area contributed by atoms with E-state index in [9.17, 15) is 13.2 Å². The zero-order valence-corrected chi connectivity index (χ0v) is 19.7. The summed E-state index contributed by atoms with van der Waals surface area (Å²) in [5.41, 5.74) is 2.04. The predicted molar refractivity (Wildman–Crippen MR) is 124 cm³/mol. The summed E-state index contributed by atoms with van der Waals surface area (Å²) in [6.07, 6.45) is 7.56. The number of rotatable bonds is 5. The minimum atomic E-state index is -4.61. The van der Waals surface area contributed by atoms with Gasteiger partial charge in [0.2, 0.25) is 0 Å². The molecule has 0 saturated heterocycles. The molecule has 4 rings (SSSR count). The molecule has 0 saturated carbocycles. The fourth-order valence-corrected chi connectivity index (χ4v) is 4.77. The number of ether oxygens (including phenoxy) is 1. The highest BCUT2D eigenvalue weighted by molar-refractivity contribution is 6.37. The summed E-state index contributed by atoms with van der Waals surface area (Å²) in [5, 5.41) is 4.11. The Kier molecular flexibility index (Phi) is 6.78. The smallest absolute Gasteiger partial charge is 0.435 e. The van der Waals surface area contributed by atoms with E-state index in [1.165, 1.54) is 11.1 Å². The van der Waals surface area contributed by atoms with Crippen LogP contribution in [0.25, 0.3) is 5.69 Å². The maximum absolute atomic E-state index is 13.4. The van der Waals surface area contributed by atoms with Gasteiger partial charge in [0.05, 0.1) is 15.7 Å². The summed E-state index contributed by atoms with van der Waals surface area (Å²) in [5.74, 6) is 1.42. The van der Waals surface area contributed by atoms with Crippen LogP contribution in [0.2, 0.25) is 10.0 Å². The van der Waals surface area contributed by atoms with Gasteiger partial charge in [-0.05, 0) is 68.9 Å². The molecule has 2 aliphatic rings. The third-order valence-electron chi connectivity index (χ3n) is 6.16. The quantitative estimate of drug-likeness (QED) is 0.419. The van der Waals surface area contributed by atoms with Crippen LogP contribution in [0.4, 0.5) is 13.2 Å². The second-order valence-corrected chi connectivity index (χ2v) is 9.08. The average Bonchev–Trinajstić information content (AvgIpc) is 3.19. The standard InChI is InChI=1S/C25H23Cl2F3N2O/c1-15-5-3-6-20(16(15)2)17-9-11-19(12-10-17)33-14-18-13-23(25(28,29)30)31-32(18)24-21(26)7-4-8-22(24)27/h3-5,7-9,11-13,17,20H,6,10,14H2,1-2H3. The zero-order chi connectivity index (χ0) is 23.8. The molecule has 33 heavy (non-hydrogen) atoms. The van der Waals surface area contributed by atoms with Crippen molar-refractivity contribution in [1.82, 2.24) is 9.78 Å². The number of nitrogens with zero attached hydrogens (tertiary/aromatic N) is 2. The van der Waals surface area contributed by atoms with Crippen LogP contribution in [0.15, 0.2) is 71.6 Å². The van der Waals surface area contributed by atoms with Gasteiger partial charge >= 0.3 is 6.18 Å². The fourth-order valence-electron chi connectivity index (χ4n) is 4.21. The van der Waals surface area contributed by atoms with E-state index in [-0.39, 0.29) is 28.0 Å². The van der Waals surface area contributed by atoms with Crippen LogP contribution in [0.1, 0.15) is 38.1 Å². The summed E-state index contributed by atoms with van der Waals surface area (Å²) in [6.45, 7) is 4.18. The molecule has 8 heteroatoms. The monoisotopic (exact) mass is 494 g/mol. The van der Waals surface area contributed by atoms with Gasteiger partial charge in [0.1, 0.15) is 18.1 Å². The molecule has 174 valence electrons. The summed E-state index contributed by atoms with van der Waals surface area (Å²) in [7, 11) is 0. The van der Waals surface area contributed by atoms with Crippen molar-refractivity contribution in [3.63, 3.8) is 0 Å². The van der Waals surface area contributed by atoms with Gasteiger partial charge in [0.25, 0.3) is 0 Å². The molecule has 1 aromatic heterocycles. The third-order valence-corrected chi connectivity index (χ3v) is 6.77. The second-order valence-electron chi connectivity index (χ2n) is 8.27. The molecule has 0 aliphatic heterocycles. The van der Waals surface area contributed by atoms with Gasteiger partial charge in [-0.15, -0.1) is 0 Å². The summed E-state index contributed by atoms with van der Waals surface area (Å²) in [4.78, 5) is 0. The summed E-state index contributed by atoms with van der Waals surface area (Å²) < 4.78 is 47.0. The molecule has 2 atom stereocenters. The van der Waals surface area contributed by atoms with E-state index in [1.807, 2.05) is 12.2 Å². The molecule has 2 aromatic rings. The van der Waals surface area contributed by atoms with Crippen molar-refractivity contribution in [3.05, 3.63) is 93.0 Å². The highest BCUT2D eigenvalue weighted by Gasteiger charge is 2.35. The summed E-state index contributed by atoms with van der Waals surface area (Å²) in [6, 6.07) is 5.68. The van der Waals surface area contributed by atoms with Gasteiger partial charge < -0.3 is 4.74 Å². The first-order valence-electron chi connectivity index (χ1n) is 10.6.